The highest BCUT2D eigenvalue weighted by Crippen LogP contribution is 2.35. The van der Waals surface area contributed by atoms with Gasteiger partial charge in [-0.05, 0) is 12.5 Å². The first-order valence-electron chi connectivity index (χ1n) is 8.38. The van der Waals surface area contributed by atoms with Crippen molar-refractivity contribution < 1.29 is 19.2 Å². The maximum atomic E-state index is 11.3. The molecule has 3 rings (SSSR count). The van der Waals surface area contributed by atoms with Crippen molar-refractivity contribution in [2.45, 2.75) is 12.0 Å². The van der Waals surface area contributed by atoms with Gasteiger partial charge >= 0.3 is 0 Å². The average molecular weight is 385 g/mol. The summed E-state index contributed by atoms with van der Waals surface area (Å²) in [5.74, 6) is -0.684. The van der Waals surface area contributed by atoms with Crippen LogP contribution in [0.2, 0.25) is 5.02 Å². The molecule has 2 fully saturated rings. The topological polar surface area (TPSA) is 120 Å². The van der Waals surface area contributed by atoms with E-state index < -0.39 is 16.5 Å². The summed E-state index contributed by atoms with van der Waals surface area (Å²) in [6.07, 6.45) is 0.717. The van der Waals surface area contributed by atoms with Crippen LogP contribution in [0, 0.1) is 10.1 Å². The van der Waals surface area contributed by atoms with Crippen LogP contribution in [0.15, 0.2) is 12.1 Å². The molecule has 0 unspecified atom stereocenters. The maximum absolute atomic E-state index is 11.3. The van der Waals surface area contributed by atoms with Crippen molar-refractivity contribution in [3.63, 3.8) is 0 Å². The molecule has 1 aromatic carbocycles. The van der Waals surface area contributed by atoms with E-state index in [1.54, 1.807) is 0 Å². The quantitative estimate of drug-likeness (QED) is 0.405. The van der Waals surface area contributed by atoms with E-state index >= 15 is 0 Å². The first-order valence-corrected chi connectivity index (χ1v) is 8.76. The Morgan fingerprint density at radius 3 is 2.88 bits per heavy atom. The Labute approximate surface area is 155 Å². The minimum absolute atomic E-state index is 0.0114. The molecule has 9 nitrogen and oxygen atoms in total. The predicted molar refractivity (Wildman–Crippen MR) is 94.7 cm³/mol. The number of hydrogen-bond donors (Lipinski definition) is 2. The molecule has 0 saturated carbocycles. The summed E-state index contributed by atoms with van der Waals surface area (Å²) in [4.78, 5) is 24.0. The molecule has 0 aromatic heterocycles. The number of hydrogen-bond acceptors (Lipinski definition) is 7. The van der Waals surface area contributed by atoms with E-state index in [9.17, 15) is 14.9 Å². The van der Waals surface area contributed by atoms with Gasteiger partial charge in [-0.2, -0.15) is 0 Å². The first kappa shape index (κ1) is 18.8. The molecular weight excluding hydrogens is 364 g/mol. The van der Waals surface area contributed by atoms with Gasteiger partial charge in [0.15, 0.2) is 5.02 Å². The highest BCUT2D eigenvalue weighted by atomic mass is 35.5. The second-order valence-corrected chi connectivity index (χ2v) is 6.93. The molecule has 2 saturated heterocycles. The van der Waals surface area contributed by atoms with E-state index in [0.29, 0.717) is 13.0 Å². The van der Waals surface area contributed by atoms with Crippen LogP contribution in [0.4, 0.5) is 5.69 Å². The van der Waals surface area contributed by atoms with Gasteiger partial charge in [0, 0.05) is 44.4 Å². The summed E-state index contributed by atoms with van der Waals surface area (Å²) >= 11 is 6.01. The highest BCUT2D eigenvalue weighted by Gasteiger charge is 2.44. The van der Waals surface area contributed by atoms with Gasteiger partial charge in [-0.15, -0.1) is 0 Å². The molecule has 1 amide bonds. The van der Waals surface area contributed by atoms with E-state index in [1.807, 2.05) is 0 Å². The van der Waals surface area contributed by atoms with E-state index in [2.05, 4.69) is 10.2 Å². The van der Waals surface area contributed by atoms with Crippen molar-refractivity contribution in [3.05, 3.63) is 32.8 Å². The number of carbonyl (C=O) groups is 1. The number of nitrogens with two attached hydrogens (primary N) is 1. The number of nitrogens with zero attached hydrogens (tertiary/aromatic N) is 2. The molecule has 10 heteroatoms. The average Bonchev–Trinajstić information content (AvgIpc) is 2.58. The van der Waals surface area contributed by atoms with Crippen molar-refractivity contribution >= 4 is 23.2 Å². The van der Waals surface area contributed by atoms with Crippen LogP contribution in [-0.2, 0) is 4.74 Å². The number of nitrogens with one attached hydrogen (secondary N) is 1. The Morgan fingerprint density at radius 2 is 2.27 bits per heavy atom. The van der Waals surface area contributed by atoms with Crippen LogP contribution in [0.1, 0.15) is 16.8 Å². The van der Waals surface area contributed by atoms with Crippen LogP contribution >= 0.6 is 11.6 Å². The van der Waals surface area contributed by atoms with Gasteiger partial charge in [0.2, 0.25) is 5.91 Å². The lowest BCUT2D eigenvalue weighted by Crippen LogP contribution is -2.69. The molecule has 142 valence electrons. The van der Waals surface area contributed by atoms with Gasteiger partial charge in [-0.25, -0.2) is 0 Å². The molecule has 2 aliphatic heterocycles. The van der Waals surface area contributed by atoms with E-state index in [-0.39, 0.29) is 21.9 Å². The Morgan fingerprint density at radius 1 is 1.50 bits per heavy atom. The molecule has 0 atom stereocenters. The third-order valence-electron chi connectivity index (χ3n) is 4.54. The van der Waals surface area contributed by atoms with Crippen molar-refractivity contribution in [1.82, 2.24) is 10.2 Å². The molecule has 26 heavy (non-hydrogen) atoms. The zero-order valence-corrected chi connectivity index (χ0v) is 15.0. The molecule has 0 bridgehead atoms. The fourth-order valence-electron chi connectivity index (χ4n) is 3.27. The van der Waals surface area contributed by atoms with Gasteiger partial charge in [0.1, 0.15) is 11.4 Å². The van der Waals surface area contributed by atoms with Crippen molar-refractivity contribution in [3.8, 4) is 5.75 Å². The predicted octanol–water partition coefficient (Wildman–Crippen LogP) is 0.790. The Kier molecular flexibility index (Phi) is 5.61. The lowest BCUT2D eigenvalue weighted by atomic mass is 9.92. The van der Waals surface area contributed by atoms with E-state index in [1.165, 1.54) is 6.07 Å². The Hall–Kier alpha value is -1.94. The van der Waals surface area contributed by atoms with Crippen molar-refractivity contribution in [2.75, 3.05) is 45.9 Å². The fourth-order valence-corrected chi connectivity index (χ4v) is 3.50. The standard InChI is InChI=1S/C16H21ClN4O5/c17-14-12(21(23)24)6-11(15(18)22)7-13(14)25-4-1-3-20-9-16(10-20)8-19-2-5-26-16/h6-7,19H,1-5,8-10H2,(H2,18,22). The van der Waals surface area contributed by atoms with Crippen molar-refractivity contribution in [1.29, 1.82) is 0 Å². The zero-order valence-electron chi connectivity index (χ0n) is 14.2. The number of nitro benzene ring substituents is 1. The second kappa shape index (κ2) is 7.75. The number of nitro groups is 1. The molecule has 1 aromatic rings. The van der Waals surface area contributed by atoms with Crippen LogP contribution in [0.5, 0.6) is 5.75 Å². The number of halogens is 1. The summed E-state index contributed by atoms with van der Waals surface area (Å²) in [5.41, 5.74) is 4.74. The lowest BCUT2D eigenvalue weighted by molar-refractivity contribution is -0.384. The van der Waals surface area contributed by atoms with Gasteiger partial charge in [0.25, 0.3) is 5.69 Å². The van der Waals surface area contributed by atoms with E-state index in [4.69, 9.17) is 26.8 Å². The summed E-state index contributed by atoms with van der Waals surface area (Å²) in [6, 6.07) is 2.38. The van der Waals surface area contributed by atoms with Crippen LogP contribution < -0.4 is 15.8 Å². The number of primary amides is 1. The third kappa shape index (κ3) is 4.07. The van der Waals surface area contributed by atoms with Crippen LogP contribution in [0.25, 0.3) is 0 Å². The monoisotopic (exact) mass is 384 g/mol. The van der Waals surface area contributed by atoms with E-state index in [0.717, 1.165) is 45.4 Å². The smallest absolute Gasteiger partial charge is 0.292 e. The van der Waals surface area contributed by atoms with Crippen molar-refractivity contribution in [2.24, 2.45) is 5.73 Å². The van der Waals surface area contributed by atoms with Gasteiger partial charge in [-0.3, -0.25) is 19.8 Å². The number of amides is 1. The highest BCUT2D eigenvalue weighted by molar-refractivity contribution is 6.34. The largest absolute Gasteiger partial charge is 0.492 e. The second-order valence-electron chi connectivity index (χ2n) is 6.55. The molecule has 1 spiro atoms. The lowest BCUT2D eigenvalue weighted by Gasteiger charge is -2.51. The Balaban J connectivity index is 1.50. The number of likely N-dealkylation sites (tertiary alicyclic amines) is 1. The summed E-state index contributed by atoms with van der Waals surface area (Å²) in [6.45, 7) is 5.41. The third-order valence-corrected chi connectivity index (χ3v) is 4.92. The minimum atomic E-state index is -0.776. The number of carbonyl (C=O) groups excluding carboxylic acids is 1. The number of ether oxygens (including phenoxy) is 2. The van der Waals surface area contributed by atoms with Gasteiger partial charge in [0.05, 0.1) is 18.1 Å². The van der Waals surface area contributed by atoms with Crippen LogP contribution in [0.3, 0.4) is 0 Å². The normalized spacial score (nSPS) is 19.1. The zero-order chi connectivity index (χ0) is 18.7. The molecule has 2 aliphatic rings. The molecule has 0 radical (unpaired) electrons. The minimum Gasteiger partial charge on any atom is -0.492 e. The maximum Gasteiger partial charge on any atom is 0.292 e. The fraction of sp³-hybridized carbons (Fsp3) is 0.562. The molecule has 3 N–H and O–H groups in total. The SMILES string of the molecule is NC(=O)c1cc(OCCCN2CC3(CNCCO3)C2)c(Cl)c([N+](=O)[O-])c1. The first-order chi connectivity index (χ1) is 12.4. The molecular formula is C16H21ClN4O5. The number of benzene rings is 1. The van der Waals surface area contributed by atoms with Gasteiger partial charge < -0.3 is 20.5 Å². The summed E-state index contributed by atoms with van der Waals surface area (Å²) < 4.78 is 11.4. The van der Waals surface area contributed by atoms with Crippen LogP contribution in [-0.4, -0.2) is 67.3 Å². The number of morpholine rings is 1. The summed E-state index contributed by atoms with van der Waals surface area (Å²) in [7, 11) is 0. The Bertz CT molecular complexity index is 700. The molecule has 0 aliphatic carbocycles. The molecule has 2 heterocycles. The van der Waals surface area contributed by atoms with Gasteiger partial charge in [-0.1, -0.05) is 11.6 Å². The number of rotatable bonds is 7. The summed E-state index contributed by atoms with van der Waals surface area (Å²) in [5, 5.41) is 14.3.